The Kier molecular flexibility index (Phi) is 4.43. The maximum Gasteiger partial charge on any atom is 0.253 e. The van der Waals surface area contributed by atoms with Crippen LogP contribution in [0.5, 0.6) is 0 Å². The summed E-state index contributed by atoms with van der Waals surface area (Å²) in [6.07, 6.45) is 1.62. The van der Waals surface area contributed by atoms with Gasteiger partial charge in [0.25, 0.3) is 5.91 Å². The number of carbonyl (C=O) groups excluding carboxylic acids is 2. The van der Waals surface area contributed by atoms with Gasteiger partial charge in [0.15, 0.2) is 0 Å². The monoisotopic (exact) mass is 301 g/mol. The highest BCUT2D eigenvalue weighted by atomic mass is 16.2. The molecule has 0 saturated carbocycles. The number of hydrogen-bond donors (Lipinski definition) is 1. The van der Waals surface area contributed by atoms with Crippen LogP contribution in [0.1, 0.15) is 35.7 Å². The second kappa shape index (κ2) is 6.48. The van der Waals surface area contributed by atoms with Crippen LogP contribution < -0.4 is 5.32 Å². The van der Waals surface area contributed by atoms with Crippen LogP contribution >= 0.6 is 0 Å². The van der Waals surface area contributed by atoms with E-state index in [2.05, 4.69) is 12.2 Å². The predicted molar refractivity (Wildman–Crippen MR) is 84.5 cm³/mol. The first-order valence-corrected chi connectivity index (χ1v) is 8.03. The Balaban J connectivity index is 1.63. The molecule has 1 aromatic carbocycles. The fourth-order valence-electron chi connectivity index (χ4n) is 3.14. The van der Waals surface area contributed by atoms with Crippen molar-refractivity contribution in [1.82, 2.24) is 15.1 Å². The molecule has 2 aliphatic heterocycles. The van der Waals surface area contributed by atoms with E-state index in [1.807, 2.05) is 34.1 Å². The summed E-state index contributed by atoms with van der Waals surface area (Å²) in [6.45, 7) is 5.95. The molecule has 2 amide bonds. The van der Waals surface area contributed by atoms with E-state index in [0.29, 0.717) is 19.0 Å². The van der Waals surface area contributed by atoms with E-state index in [-0.39, 0.29) is 11.8 Å². The number of likely N-dealkylation sites (tertiary alicyclic amines) is 1. The van der Waals surface area contributed by atoms with Crippen LogP contribution in [0.4, 0.5) is 0 Å². The summed E-state index contributed by atoms with van der Waals surface area (Å²) in [6, 6.07) is 8.03. The van der Waals surface area contributed by atoms with Crippen molar-refractivity contribution in [2.45, 2.75) is 32.4 Å². The summed E-state index contributed by atoms with van der Waals surface area (Å²) < 4.78 is 0. The van der Waals surface area contributed by atoms with Crippen molar-refractivity contribution in [3.63, 3.8) is 0 Å². The largest absolute Gasteiger partial charge is 0.338 e. The molecule has 0 unspecified atom stereocenters. The molecule has 1 N–H and O–H groups in total. The average Bonchev–Trinajstić information content (AvgIpc) is 2.92. The van der Waals surface area contributed by atoms with Crippen molar-refractivity contribution >= 4 is 11.8 Å². The van der Waals surface area contributed by atoms with E-state index in [1.54, 1.807) is 0 Å². The van der Waals surface area contributed by atoms with Gasteiger partial charge in [-0.2, -0.15) is 0 Å². The average molecular weight is 301 g/mol. The molecule has 1 atom stereocenters. The standard InChI is InChI=1S/C17H23N3O2/c1-13-11-20(10-8-18-13)17(22)15-6-4-14(5-7-15)12-19-9-2-3-16(19)21/h4-7,13,18H,2-3,8-12H2,1H3/t13-/m1/s1. The zero-order valence-electron chi connectivity index (χ0n) is 13.0. The van der Waals surface area contributed by atoms with Gasteiger partial charge in [0.05, 0.1) is 0 Å². The highest BCUT2D eigenvalue weighted by Gasteiger charge is 2.22. The molecule has 0 spiro atoms. The zero-order valence-corrected chi connectivity index (χ0v) is 13.0. The lowest BCUT2D eigenvalue weighted by molar-refractivity contribution is -0.128. The molecule has 0 radical (unpaired) electrons. The van der Waals surface area contributed by atoms with Gasteiger partial charge in [-0.1, -0.05) is 12.1 Å². The Morgan fingerprint density at radius 3 is 2.68 bits per heavy atom. The number of nitrogens with one attached hydrogen (secondary N) is 1. The second-order valence-corrected chi connectivity index (χ2v) is 6.22. The number of rotatable bonds is 3. The van der Waals surface area contributed by atoms with E-state index in [1.165, 1.54) is 0 Å². The molecule has 22 heavy (non-hydrogen) atoms. The van der Waals surface area contributed by atoms with Crippen molar-refractivity contribution in [2.24, 2.45) is 0 Å². The highest BCUT2D eigenvalue weighted by Crippen LogP contribution is 2.15. The third kappa shape index (κ3) is 3.30. The number of amides is 2. The van der Waals surface area contributed by atoms with E-state index in [4.69, 9.17) is 0 Å². The first kappa shape index (κ1) is 15.0. The van der Waals surface area contributed by atoms with Crippen LogP contribution in [0.2, 0.25) is 0 Å². The third-order valence-electron chi connectivity index (χ3n) is 4.40. The molecule has 0 bridgehead atoms. The molecule has 0 aliphatic carbocycles. The van der Waals surface area contributed by atoms with E-state index >= 15 is 0 Å². The Morgan fingerprint density at radius 1 is 1.27 bits per heavy atom. The quantitative estimate of drug-likeness (QED) is 0.914. The Morgan fingerprint density at radius 2 is 2.05 bits per heavy atom. The smallest absolute Gasteiger partial charge is 0.253 e. The molecule has 118 valence electrons. The molecule has 3 rings (SSSR count). The summed E-state index contributed by atoms with van der Waals surface area (Å²) in [7, 11) is 0. The van der Waals surface area contributed by atoms with Gasteiger partial charge < -0.3 is 15.1 Å². The minimum absolute atomic E-state index is 0.0946. The highest BCUT2D eigenvalue weighted by molar-refractivity contribution is 5.94. The van der Waals surface area contributed by atoms with Gasteiger partial charge in [-0.15, -0.1) is 0 Å². The van der Waals surface area contributed by atoms with Crippen molar-refractivity contribution in [3.05, 3.63) is 35.4 Å². The number of piperazine rings is 1. The minimum Gasteiger partial charge on any atom is -0.338 e. The molecule has 0 aromatic heterocycles. The van der Waals surface area contributed by atoms with Crippen molar-refractivity contribution < 1.29 is 9.59 Å². The molecule has 2 saturated heterocycles. The number of hydrogen-bond acceptors (Lipinski definition) is 3. The summed E-state index contributed by atoms with van der Waals surface area (Å²) in [5.74, 6) is 0.326. The number of nitrogens with zero attached hydrogens (tertiary/aromatic N) is 2. The first-order chi connectivity index (χ1) is 10.6. The van der Waals surface area contributed by atoms with Gasteiger partial charge in [0.1, 0.15) is 0 Å². The lowest BCUT2D eigenvalue weighted by atomic mass is 10.1. The van der Waals surface area contributed by atoms with Crippen LogP contribution in [0, 0.1) is 0 Å². The van der Waals surface area contributed by atoms with Crippen LogP contribution in [0.15, 0.2) is 24.3 Å². The van der Waals surface area contributed by atoms with Crippen LogP contribution in [-0.2, 0) is 11.3 Å². The molecule has 2 fully saturated rings. The topological polar surface area (TPSA) is 52.7 Å². The Labute approximate surface area is 131 Å². The van der Waals surface area contributed by atoms with Gasteiger partial charge >= 0.3 is 0 Å². The molecule has 2 heterocycles. The van der Waals surface area contributed by atoms with Crippen LogP contribution in [0.25, 0.3) is 0 Å². The van der Waals surface area contributed by atoms with E-state index < -0.39 is 0 Å². The Bertz CT molecular complexity index is 556. The minimum atomic E-state index is 0.0946. The third-order valence-corrected chi connectivity index (χ3v) is 4.40. The molecule has 5 nitrogen and oxygen atoms in total. The Hall–Kier alpha value is -1.88. The number of carbonyl (C=O) groups is 2. The maximum atomic E-state index is 12.5. The normalized spacial score (nSPS) is 22.2. The van der Waals surface area contributed by atoms with Gasteiger partial charge in [-0.3, -0.25) is 9.59 Å². The zero-order chi connectivity index (χ0) is 15.5. The van der Waals surface area contributed by atoms with Crippen molar-refractivity contribution in [3.8, 4) is 0 Å². The molecular weight excluding hydrogens is 278 g/mol. The van der Waals surface area contributed by atoms with Gasteiger partial charge in [0.2, 0.25) is 5.91 Å². The fourth-order valence-corrected chi connectivity index (χ4v) is 3.14. The molecule has 5 heteroatoms. The van der Waals surface area contributed by atoms with E-state index in [9.17, 15) is 9.59 Å². The summed E-state index contributed by atoms with van der Waals surface area (Å²) in [4.78, 5) is 27.9. The lowest BCUT2D eigenvalue weighted by Gasteiger charge is -2.32. The van der Waals surface area contributed by atoms with E-state index in [0.717, 1.165) is 43.7 Å². The first-order valence-electron chi connectivity index (χ1n) is 8.03. The van der Waals surface area contributed by atoms with Gasteiger partial charge in [0, 0.05) is 50.7 Å². The molecule has 2 aliphatic rings. The summed E-state index contributed by atoms with van der Waals surface area (Å²) in [5, 5.41) is 3.34. The second-order valence-electron chi connectivity index (χ2n) is 6.22. The molecular formula is C17H23N3O2. The lowest BCUT2D eigenvalue weighted by Crippen LogP contribution is -2.51. The maximum absolute atomic E-state index is 12.5. The van der Waals surface area contributed by atoms with Crippen molar-refractivity contribution in [2.75, 3.05) is 26.2 Å². The SMILES string of the molecule is C[C@@H]1CN(C(=O)c2ccc(CN3CCCC3=O)cc2)CCN1. The summed E-state index contributed by atoms with van der Waals surface area (Å²) >= 11 is 0. The van der Waals surface area contributed by atoms with Crippen LogP contribution in [0.3, 0.4) is 0 Å². The van der Waals surface area contributed by atoms with Gasteiger partial charge in [-0.25, -0.2) is 0 Å². The van der Waals surface area contributed by atoms with Crippen LogP contribution in [-0.4, -0.2) is 53.8 Å². The molecule has 1 aromatic rings. The van der Waals surface area contributed by atoms with Crippen molar-refractivity contribution in [1.29, 1.82) is 0 Å². The van der Waals surface area contributed by atoms with Gasteiger partial charge in [-0.05, 0) is 31.0 Å². The fraction of sp³-hybridized carbons (Fsp3) is 0.529. The summed E-state index contributed by atoms with van der Waals surface area (Å²) in [5.41, 5.74) is 1.81. The predicted octanol–water partition coefficient (Wildman–Crippen LogP) is 1.24. The number of benzene rings is 1.